The smallest absolute Gasteiger partial charge is 0.165 e. The molecule has 3 fully saturated rings. The topological polar surface area (TPSA) is 29.5 Å². The van der Waals surface area contributed by atoms with Gasteiger partial charge in [0.05, 0.1) is 6.61 Å². The van der Waals surface area contributed by atoms with Gasteiger partial charge in [-0.3, -0.25) is 0 Å². The zero-order valence-corrected chi connectivity index (χ0v) is 12.9. The van der Waals surface area contributed by atoms with Crippen LogP contribution in [0.5, 0.6) is 0 Å². The molecule has 0 aromatic rings. The van der Waals surface area contributed by atoms with Gasteiger partial charge in [-0.1, -0.05) is 27.2 Å². The molecule has 0 amide bonds. The average molecular weight is 266 g/mol. The van der Waals surface area contributed by atoms with E-state index >= 15 is 0 Å². The summed E-state index contributed by atoms with van der Waals surface area (Å²) in [7, 11) is 0. The molecule has 3 rings (SSSR count). The van der Waals surface area contributed by atoms with Crippen molar-refractivity contribution in [3.63, 3.8) is 0 Å². The van der Waals surface area contributed by atoms with Crippen molar-refractivity contribution in [3.05, 3.63) is 0 Å². The molecule has 0 aromatic carbocycles. The molecular formula is C17H30O2. The van der Waals surface area contributed by atoms with E-state index in [-0.39, 0.29) is 0 Å². The summed E-state index contributed by atoms with van der Waals surface area (Å²) in [5.41, 5.74) is 0.874. The summed E-state index contributed by atoms with van der Waals surface area (Å²) in [4.78, 5) is 0. The summed E-state index contributed by atoms with van der Waals surface area (Å²) in [5, 5.41) is 10.5. The third kappa shape index (κ3) is 2.06. The summed E-state index contributed by atoms with van der Waals surface area (Å²) in [6.07, 6.45) is 9.20. The van der Waals surface area contributed by atoms with Crippen molar-refractivity contribution in [1.29, 1.82) is 0 Å². The largest absolute Gasteiger partial charge is 0.365 e. The fourth-order valence-corrected chi connectivity index (χ4v) is 5.13. The van der Waals surface area contributed by atoms with E-state index in [1.54, 1.807) is 0 Å². The number of hydrogen-bond acceptors (Lipinski definition) is 2. The van der Waals surface area contributed by atoms with Crippen LogP contribution >= 0.6 is 0 Å². The highest BCUT2D eigenvalue weighted by molar-refractivity contribution is 5.10. The molecule has 2 nitrogen and oxygen atoms in total. The van der Waals surface area contributed by atoms with Crippen LogP contribution in [-0.4, -0.2) is 17.5 Å². The maximum atomic E-state index is 10.5. The van der Waals surface area contributed by atoms with Gasteiger partial charge in [-0.2, -0.15) is 0 Å². The molecule has 0 radical (unpaired) electrons. The molecule has 19 heavy (non-hydrogen) atoms. The Morgan fingerprint density at radius 1 is 1.05 bits per heavy atom. The monoisotopic (exact) mass is 266 g/mol. The van der Waals surface area contributed by atoms with E-state index in [2.05, 4.69) is 20.8 Å². The van der Waals surface area contributed by atoms with Crippen molar-refractivity contribution < 1.29 is 9.84 Å². The summed E-state index contributed by atoms with van der Waals surface area (Å²) >= 11 is 0. The molecule has 0 aromatic heterocycles. The van der Waals surface area contributed by atoms with Gasteiger partial charge < -0.3 is 9.84 Å². The molecule has 1 N–H and O–H groups in total. The van der Waals surface area contributed by atoms with Crippen LogP contribution < -0.4 is 0 Å². The number of hydrogen-bond donors (Lipinski definition) is 1. The molecule has 0 heterocycles. The lowest BCUT2D eigenvalue weighted by Crippen LogP contribution is -2.40. The molecule has 3 saturated carbocycles. The fourth-order valence-electron chi connectivity index (χ4n) is 5.13. The van der Waals surface area contributed by atoms with E-state index < -0.39 is 5.79 Å². The molecule has 2 bridgehead atoms. The van der Waals surface area contributed by atoms with E-state index in [0.717, 1.165) is 38.2 Å². The van der Waals surface area contributed by atoms with Crippen LogP contribution in [0.3, 0.4) is 0 Å². The zero-order chi connectivity index (χ0) is 13.7. The summed E-state index contributed by atoms with van der Waals surface area (Å²) in [6, 6.07) is 0. The maximum Gasteiger partial charge on any atom is 0.165 e. The van der Waals surface area contributed by atoms with Gasteiger partial charge in [-0.05, 0) is 54.8 Å². The van der Waals surface area contributed by atoms with E-state index in [4.69, 9.17) is 4.74 Å². The summed E-state index contributed by atoms with van der Waals surface area (Å²) in [5.74, 6) is 0.708. The van der Waals surface area contributed by atoms with Gasteiger partial charge >= 0.3 is 0 Å². The van der Waals surface area contributed by atoms with Gasteiger partial charge in [0.1, 0.15) is 0 Å². The molecule has 3 aliphatic carbocycles. The molecule has 2 heteroatoms. The molecule has 3 unspecified atom stereocenters. The molecule has 3 atom stereocenters. The predicted molar refractivity (Wildman–Crippen MR) is 76.7 cm³/mol. The Morgan fingerprint density at radius 3 is 2.26 bits per heavy atom. The van der Waals surface area contributed by atoms with E-state index in [1.807, 2.05) is 0 Å². The first kappa shape index (κ1) is 13.9. The first-order chi connectivity index (χ1) is 8.87. The number of ether oxygens (including phenoxy) is 1. The minimum absolute atomic E-state index is 0.419. The fraction of sp³-hybridized carbons (Fsp3) is 1.00. The Kier molecular flexibility index (Phi) is 3.26. The van der Waals surface area contributed by atoms with Crippen LogP contribution in [0, 0.1) is 22.7 Å². The van der Waals surface area contributed by atoms with Crippen molar-refractivity contribution in [2.45, 2.75) is 77.9 Å². The van der Waals surface area contributed by atoms with Crippen LogP contribution in [-0.2, 0) is 4.74 Å². The first-order valence-corrected chi connectivity index (χ1v) is 8.24. The third-order valence-electron chi connectivity index (χ3n) is 7.16. The standard InChI is InChI=1S/C17H30O2/c1-15(2)13-7-10-16(15,3)14(11-13)12-19-17(18)8-5-4-6-9-17/h13-14,18H,4-12H2,1-3H3. The minimum Gasteiger partial charge on any atom is -0.365 e. The van der Waals surface area contributed by atoms with Crippen molar-refractivity contribution in [1.82, 2.24) is 0 Å². The van der Waals surface area contributed by atoms with Gasteiger partial charge in [-0.25, -0.2) is 0 Å². The van der Waals surface area contributed by atoms with Gasteiger partial charge in [0, 0.05) is 12.8 Å². The van der Waals surface area contributed by atoms with Crippen LogP contribution in [0.1, 0.15) is 72.1 Å². The molecule has 0 aliphatic heterocycles. The van der Waals surface area contributed by atoms with Gasteiger partial charge in [0.25, 0.3) is 0 Å². The SMILES string of the molecule is CC1(C)C2CCC1(C)C(COC1(O)CCCCC1)C2. The second-order valence-corrected chi connectivity index (χ2v) is 8.13. The molecular weight excluding hydrogens is 236 g/mol. The van der Waals surface area contributed by atoms with E-state index in [9.17, 15) is 5.11 Å². The molecule has 0 spiro atoms. The van der Waals surface area contributed by atoms with Crippen molar-refractivity contribution in [2.24, 2.45) is 22.7 Å². The Hall–Kier alpha value is -0.0800. The predicted octanol–water partition coefficient (Wildman–Crippen LogP) is 4.12. The van der Waals surface area contributed by atoms with Gasteiger partial charge in [0.2, 0.25) is 0 Å². The van der Waals surface area contributed by atoms with Crippen molar-refractivity contribution >= 4 is 0 Å². The second-order valence-electron chi connectivity index (χ2n) is 8.13. The Labute approximate surface area is 117 Å². The molecule has 110 valence electrons. The Morgan fingerprint density at radius 2 is 1.74 bits per heavy atom. The minimum atomic E-state index is -0.805. The highest BCUT2D eigenvalue weighted by Crippen LogP contribution is 2.68. The number of rotatable bonds is 3. The maximum absolute atomic E-state index is 10.5. The summed E-state index contributed by atoms with van der Waals surface area (Å²) in [6.45, 7) is 8.12. The highest BCUT2D eigenvalue weighted by atomic mass is 16.6. The van der Waals surface area contributed by atoms with Crippen molar-refractivity contribution in [2.75, 3.05) is 6.61 Å². The lowest BCUT2D eigenvalue weighted by Gasteiger charge is -2.41. The quantitative estimate of drug-likeness (QED) is 0.779. The average Bonchev–Trinajstić information content (AvgIpc) is 2.70. The lowest BCUT2D eigenvalue weighted by molar-refractivity contribution is -0.231. The van der Waals surface area contributed by atoms with Crippen LogP contribution in [0.15, 0.2) is 0 Å². The number of fused-ring (bicyclic) bond motifs is 2. The lowest BCUT2D eigenvalue weighted by atomic mass is 9.67. The van der Waals surface area contributed by atoms with E-state index in [1.165, 1.54) is 25.7 Å². The Balaban J connectivity index is 1.63. The first-order valence-electron chi connectivity index (χ1n) is 8.24. The van der Waals surface area contributed by atoms with Crippen LogP contribution in [0.2, 0.25) is 0 Å². The van der Waals surface area contributed by atoms with Gasteiger partial charge in [-0.15, -0.1) is 0 Å². The highest BCUT2D eigenvalue weighted by Gasteiger charge is 2.61. The zero-order valence-electron chi connectivity index (χ0n) is 12.9. The van der Waals surface area contributed by atoms with Crippen LogP contribution in [0.4, 0.5) is 0 Å². The summed E-state index contributed by atoms with van der Waals surface area (Å²) < 4.78 is 6.02. The van der Waals surface area contributed by atoms with E-state index in [0.29, 0.717) is 16.7 Å². The second kappa shape index (κ2) is 4.46. The molecule has 3 aliphatic rings. The third-order valence-corrected chi connectivity index (χ3v) is 7.16. The normalized spacial score (nSPS) is 43.6. The number of aliphatic hydroxyl groups is 1. The Bertz CT molecular complexity index is 343. The molecule has 0 saturated heterocycles. The van der Waals surface area contributed by atoms with Crippen LogP contribution in [0.25, 0.3) is 0 Å². The van der Waals surface area contributed by atoms with Crippen molar-refractivity contribution in [3.8, 4) is 0 Å². The van der Waals surface area contributed by atoms with Gasteiger partial charge in [0.15, 0.2) is 5.79 Å².